The smallest absolute Gasteiger partial charge is 0.224 e. The lowest BCUT2D eigenvalue weighted by Gasteiger charge is -2.01. The van der Waals surface area contributed by atoms with Gasteiger partial charge in [-0.2, -0.15) is 11.3 Å². The fourth-order valence-electron chi connectivity index (χ4n) is 0.936. The van der Waals surface area contributed by atoms with Crippen molar-refractivity contribution in [3.8, 4) is 0 Å². The Balaban J connectivity index is 2.18. The highest BCUT2D eigenvalue weighted by molar-refractivity contribution is 9.09. The molecule has 0 aliphatic heterocycles. The molecule has 2 nitrogen and oxygen atoms in total. The van der Waals surface area contributed by atoms with Crippen LogP contribution in [-0.2, 0) is 11.2 Å². The van der Waals surface area contributed by atoms with Gasteiger partial charge in [0.2, 0.25) is 5.91 Å². The van der Waals surface area contributed by atoms with Crippen molar-refractivity contribution in [3.05, 3.63) is 22.4 Å². The number of hydrogen-bond acceptors (Lipinski definition) is 2. The van der Waals surface area contributed by atoms with Crippen LogP contribution >= 0.6 is 27.3 Å². The van der Waals surface area contributed by atoms with E-state index in [0.717, 1.165) is 23.9 Å². The second kappa shape index (κ2) is 6.16. The predicted octanol–water partition coefficient (Wildman–Crippen LogP) is 2.19. The van der Waals surface area contributed by atoms with Crippen LogP contribution in [0.2, 0.25) is 0 Å². The van der Waals surface area contributed by atoms with Gasteiger partial charge in [0.25, 0.3) is 0 Å². The van der Waals surface area contributed by atoms with Crippen molar-refractivity contribution < 1.29 is 4.79 Å². The molecular weight excluding hydrogens is 250 g/mol. The van der Waals surface area contributed by atoms with Gasteiger partial charge in [-0.25, -0.2) is 0 Å². The van der Waals surface area contributed by atoms with Crippen molar-refractivity contribution in [3.63, 3.8) is 0 Å². The molecule has 0 radical (unpaired) electrons. The van der Waals surface area contributed by atoms with Crippen LogP contribution in [0.3, 0.4) is 0 Å². The Morgan fingerprint density at radius 1 is 1.62 bits per heavy atom. The number of carbonyl (C=O) groups is 1. The molecule has 0 unspecified atom stereocenters. The van der Waals surface area contributed by atoms with Gasteiger partial charge in [-0.15, -0.1) is 0 Å². The van der Waals surface area contributed by atoms with Gasteiger partial charge in [-0.05, 0) is 28.8 Å². The number of hydrogen-bond donors (Lipinski definition) is 1. The summed E-state index contributed by atoms with van der Waals surface area (Å²) in [5, 5.41) is 7.79. The minimum Gasteiger partial charge on any atom is -0.356 e. The van der Waals surface area contributed by atoms with Gasteiger partial charge in [0, 0.05) is 11.9 Å². The molecular formula is C9H12BrNOS. The normalized spacial score (nSPS) is 9.92. The van der Waals surface area contributed by atoms with E-state index in [1.807, 2.05) is 16.8 Å². The van der Waals surface area contributed by atoms with Crippen molar-refractivity contribution in [1.82, 2.24) is 5.32 Å². The third-order valence-electron chi connectivity index (χ3n) is 1.58. The lowest BCUT2D eigenvalue weighted by atomic mass is 10.2. The zero-order chi connectivity index (χ0) is 9.52. The highest BCUT2D eigenvalue weighted by atomic mass is 79.9. The Morgan fingerprint density at radius 2 is 2.46 bits per heavy atom. The van der Waals surface area contributed by atoms with Crippen LogP contribution < -0.4 is 5.32 Å². The number of rotatable bonds is 5. The van der Waals surface area contributed by atoms with E-state index in [2.05, 4.69) is 21.2 Å². The molecule has 4 heteroatoms. The molecule has 1 amide bonds. The van der Waals surface area contributed by atoms with Gasteiger partial charge >= 0.3 is 0 Å². The summed E-state index contributed by atoms with van der Waals surface area (Å²) in [4.78, 5) is 11.3. The lowest BCUT2D eigenvalue weighted by molar-refractivity contribution is -0.120. The van der Waals surface area contributed by atoms with Crippen LogP contribution in [0.4, 0.5) is 0 Å². The Hall–Kier alpha value is -0.350. The molecule has 1 heterocycles. The number of alkyl halides is 1. The van der Waals surface area contributed by atoms with Gasteiger partial charge < -0.3 is 5.32 Å². The van der Waals surface area contributed by atoms with Gasteiger partial charge in [0.1, 0.15) is 0 Å². The summed E-state index contributed by atoms with van der Waals surface area (Å²) in [6.07, 6.45) is 1.49. The van der Waals surface area contributed by atoms with Crippen LogP contribution in [0.25, 0.3) is 0 Å². The molecule has 1 rings (SSSR count). The lowest BCUT2D eigenvalue weighted by Crippen LogP contribution is -2.26. The maximum atomic E-state index is 11.3. The molecule has 72 valence electrons. The average Bonchev–Trinajstić information content (AvgIpc) is 2.57. The number of nitrogens with one attached hydrogen (secondary N) is 1. The van der Waals surface area contributed by atoms with Crippen molar-refractivity contribution in [2.75, 3.05) is 11.9 Å². The second-order valence-electron chi connectivity index (χ2n) is 2.70. The predicted molar refractivity (Wildman–Crippen MR) is 59.4 cm³/mol. The standard InChI is InChI=1S/C9H12BrNOS/c10-3-1-4-11-9(12)6-8-2-5-13-7-8/h2,5,7H,1,3-4,6H2,(H,11,12). The first kappa shape index (κ1) is 10.7. The Labute approximate surface area is 90.5 Å². The first-order valence-corrected chi connectivity index (χ1v) is 6.23. The molecule has 0 aliphatic rings. The largest absolute Gasteiger partial charge is 0.356 e. The van der Waals surface area contributed by atoms with Crippen LogP contribution in [-0.4, -0.2) is 17.8 Å². The van der Waals surface area contributed by atoms with Gasteiger partial charge in [0.15, 0.2) is 0 Å². The van der Waals surface area contributed by atoms with E-state index < -0.39 is 0 Å². The number of carbonyl (C=O) groups excluding carboxylic acids is 1. The molecule has 0 fully saturated rings. The molecule has 1 aromatic heterocycles. The zero-order valence-electron chi connectivity index (χ0n) is 7.25. The summed E-state index contributed by atoms with van der Waals surface area (Å²) in [5.74, 6) is 0.111. The molecule has 0 spiro atoms. The van der Waals surface area contributed by atoms with Gasteiger partial charge in [-0.3, -0.25) is 4.79 Å². The molecule has 0 saturated carbocycles. The minimum atomic E-state index is 0.111. The molecule has 0 aliphatic carbocycles. The third-order valence-corrected chi connectivity index (χ3v) is 2.87. The molecule has 1 aromatic rings. The molecule has 0 atom stereocenters. The van der Waals surface area contributed by atoms with E-state index in [9.17, 15) is 4.79 Å². The maximum absolute atomic E-state index is 11.3. The Kier molecular flexibility index (Phi) is 5.08. The van der Waals surface area contributed by atoms with Gasteiger partial charge in [-0.1, -0.05) is 15.9 Å². The summed E-state index contributed by atoms with van der Waals surface area (Å²) in [5.41, 5.74) is 1.10. The average molecular weight is 262 g/mol. The topological polar surface area (TPSA) is 29.1 Å². The van der Waals surface area contributed by atoms with Crippen molar-refractivity contribution in [2.45, 2.75) is 12.8 Å². The quantitative estimate of drug-likeness (QED) is 0.639. The SMILES string of the molecule is O=C(Cc1ccsc1)NCCCBr. The second-order valence-corrected chi connectivity index (χ2v) is 4.27. The van der Waals surface area contributed by atoms with Crippen LogP contribution in [0, 0.1) is 0 Å². The van der Waals surface area contributed by atoms with Crippen molar-refractivity contribution in [2.24, 2.45) is 0 Å². The Bertz CT molecular complexity index is 248. The van der Waals surface area contributed by atoms with Gasteiger partial charge in [0.05, 0.1) is 6.42 Å². The van der Waals surface area contributed by atoms with E-state index in [-0.39, 0.29) is 5.91 Å². The number of amides is 1. The fourth-order valence-corrected chi connectivity index (χ4v) is 1.88. The van der Waals surface area contributed by atoms with E-state index in [4.69, 9.17) is 0 Å². The fraction of sp³-hybridized carbons (Fsp3) is 0.444. The van der Waals surface area contributed by atoms with E-state index in [0.29, 0.717) is 6.42 Å². The van der Waals surface area contributed by atoms with Crippen molar-refractivity contribution in [1.29, 1.82) is 0 Å². The van der Waals surface area contributed by atoms with Crippen LogP contribution in [0.15, 0.2) is 16.8 Å². The molecule has 0 aromatic carbocycles. The summed E-state index contributed by atoms with van der Waals surface area (Å²) in [7, 11) is 0. The summed E-state index contributed by atoms with van der Waals surface area (Å²) in [6.45, 7) is 0.758. The van der Waals surface area contributed by atoms with E-state index >= 15 is 0 Å². The molecule has 13 heavy (non-hydrogen) atoms. The first-order chi connectivity index (χ1) is 6.33. The Morgan fingerprint density at radius 3 is 3.08 bits per heavy atom. The van der Waals surface area contributed by atoms with Crippen LogP contribution in [0.5, 0.6) is 0 Å². The van der Waals surface area contributed by atoms with E-state index in [1.165, 1.54) is 0 Å². The van der Waals surface area contributed by atoms with Crippen LogP contribution in [0.1, 0.15) is 12.0 Å². The first-order valence-electron chi connectivity index (χ1n) is 4.16. The third kappa shape index (κ3) is 4.43. The highest BCUT2D eigenvalue weighted by Gasteiger charge is 2.01. The molecule has 0 saturated heterocycles. The number of thiophene rings is 1. The molecule has 0 bridgehead atoms. The summed E-state index contributed by atoms with van der Waals surface area (Å²) >= 11 is 4.93. The summed E-state index contributed by atoms with van der Waals surface area (Å²) in [6, 6.07) is 1.98. The zero-order valence-corrected chi connectivity index (χ0v) is 9.66. The summed E-state index contributed by atoms with van der Waals surface area (Å²) < 4.78 is 0. The highest BCUT2D eigenvalue weighted by Crippen LogP contribution is 2.06. The van der Waals surface area contributed by atoms with E-state index in [1.54, 1.807) is 11.3 Å². The number of halogens is 1. The molecule has 1 N–H and O–H groups in total. The monoisotopic (exact) mass is 261 g/mol. The minimum absolute atomic E-state index is 0.111. The van der Waals surface area contributed by atoms with Crippen molar-refractivity contribution >= 4 is 33.2 Å². The maximum Gasteiger partial charge on any atom is 0.224 e.